The number of fused-ring (bicyclic) bond motifs is 6. The zero-order chi connectivity index (χ0) is 20.9. The summed E-state index contributed by atoms with van der Waals surface area (Å²) in [5.41, 5.74) is 2.82. The standard InChI is InChI=1S/C18H13.C7H13NO.2CH3.2ClH.H4Si.Ti/c1-12-10-11-17-15-8-3-2-6-13(15)14-7-4-5-9-16(14)18(12)17;8-7(9)6-4-2-1-3-5-6;;;;;;/h2-8,10-12H,1H3;6H,1-5H2,(H2,8,9);2*1H3;2*1H;1H4;/q;;;;;;;+3/p-3. The van der Waals surface area contributed by atoms with Gasteiger partial charge in [0.25, 0.3) is 0 Å². The van der Waals surface area contributed by atoms with Crippen molar-refractivity contribution in [2.24, 2.45) is 5.92 Å². The van der Waals surface area contributed by atoms with Gasteiger partial charge in [0.2, 0.25) is 0 Å². The van der Waals surface area contributed by atoms with Crippen molar-refractivity contribution in [1.82, 2.24) is 3.80 Å². The molecule has 1 amide bonds. The molecular formula is C27H35Cl2NOSiTi. The third kappa shape index (κ3) is 4.99. The van der Waals surface area contributed by atoms with Crippen LogP contribution in [0.3, 0.4) is 0 Å². The van der Waals surface area contributed by atoms with Crippen LogP contribution in [0, 0.1) is 5.92 Å². The van der Waals surface area contributed by atoms with E-state index in [0.717, 1.165) is 12.8 Å². The van der Waals surface area contributed by atoms with Gasteiger partial charge in [-0.2, -0.15) is 0 Å². The van der Waals surface area contributed by atoms with Gasteiger partial charge in [-0.25, -0.2) is 0 Å². The van der Waals surface area contributed by atoms with Crippen LogP contribution in [0.5, 0.6) is 0 Å². The molecule has 0 saturated heterocycles. The first-order valence-electron chi connectivity index (χ1n) is 11.5. The molecular weight excluding hydrogens is 501 g/mol. The van der Waals surface area contributed by atoms with Gasteiger partial charge in [0.05, 0.1) is 0 Å². The number of hydrogen-bond acceptors (Lipinski definition) is 1. The van der Waals surface area contributed by atoms with Gasteiger partial charge in [0.15, 0.2) is 0 Å². The molecule has 33 heavy (non-hydrogen) atoms. The second kappa shape index (κ2) is 11.1. The maximum atomic E-state index is 13.2. The van der Waals surface area contributed by atoms with Crippen LogP contribution in [-0.2, 0) is 21.6 Å². The molecule has 0 heterocycles. The molecule has 1 fully saturated rings. The van der Waals surface area contributed by atoms with Gasteiger partial charge in [-0.15, -0.1) is 0 Å². The van der Waals surface area contributed by atoms with Crippen LogP contribution in [0.1, 0.15) is 56.1 Å². The van der Waals surface area contributed by atoms with Crippen LogP contribution in [0.15, 0.2) is 48.5 Å². The van der Waals surface area contributed by atoms with Gasteiger partial charge in [0, 0.05) is 0 Å². The molecule has 0 bridgehead atoms. The Morgan fingerprint density at radius 2 is 1.55 bits per heavy atom. The maximum Gasteiger partial charge on any atom is -0.0149 e. The molecule has 5 rings (SSSR count). The molecule has 176 valence electrons. The number of benzene rings is 3. The molecule has 6 heteroatoms. The largest absolute Gasteiger partial charge is 1.00 e. The van der Waals surface area contributed by atoms with Gasteiger partial charge >= 0.3 is 184 Å². The zero-order valence-electron chi connectivity index (χ0n) is 19.1. The van der Waals surface area contributed by atoms with Crippen LogP contribution in [0.4, 0.5) is 0 Å². The molecule has 1 atom stereocenters. The fourth-order valence-corrected chi connectivity index (χ4v) is 9.34. The first-order chi connectivity index (χ1) is 14.5. The molecule has 3 aromatic rings. The third-order valence-electron chi connectivity index (χ3n) is 7.22. The number of nitrogens with one attached hydrogen (secondary N) is 1. The number of carbonyl (C=O) groups is 1. The molecule has 2 aliphatic carbocycles. The summed E-state index contributed by atoms with van der Waals surface area (Å²) in [5, 5.41) is 10.1. The molecule has 0 aliphatic heterocycles. The molecule has 2 nitrogen and oxygen atoms in total. The Bertz CT molecular complexity index is 1190. The van der Waals surface area contributed by atoms with Gasteiger partial charge in [-0.3, -0.25) is 0 Å². The second-order valence-electron chi connectivity index (χ2n) is 9.70. The summed E-state index contributed by atoms with van der Waals surface area (Å²) >= 11 is -2.79. The minimum absolute atomic E-state index is 0. The predicted molar refractivity (Wildman–Crippen MR) is 136 cm³/mol. The van der Waals surface area contributed by atoms with Crippen LogP contribution < -0.4 is 32.5 Å². The third-order valence-corrected chi connectivity index (χ3v) is 11.3. The normalized spacial score (nSPS) is 17.1. The van der Waals surface area contributed by atoms with Crippen LogP contribution in [0.25, 0.3) is 27.6 Å². The van der Waals surface area contributed by atoms with Crippen molar-refractivity contribution in [2.45, 2.75) is 55.4 Å². The average molecular weight is 536 g/mol. The monoisotopic (exact) mass is 535 g/mol. The van der Waals surface area contributed by atoms with E-state index in [1.165, 1.54) is 55.8 Å². The summed E-state index contributed by atoms with van der Waals surface area (Å²) in [5.74, 6) is 0.923. The van der Waals surface area contributed by atoms with Crippen molar-refractivity contribution in [1.29, 1.82) is 0 Å². The van der Waals surface area contributed by atoms with Gasteiger partial charge in [-0.1, -0.05) is 0 Å². The second-order valence-corrected chi connectivity index (χ2v) is 16.0. The van der Waals surface area contributed by atoms with E-state index >= 15 is 0 Å². The van der Waals surface area contributed by atoms with E-state index in [9.17, 15) is 4.79 Å². The summed E-state index contributed by atoms with van der Waals surface area (Å²) in [6, 6.07) is 15.5. The Balaban J connectivity index is 0.00000128. The topological polar surface area (TPSA) is 29.1 Å². The fraction of sp³-hybridized carbons (Fsp3) is 0.370. The predicted octanol–water partition coefficient (Wildman–Crippen LogP) is -0.833. The zero-order valence-corrected chi connectivity index (χ0v) is 22.1. The SMILES string of the molecule is CC1C=Cc2c1c1[c]([Ti+2]([CH3])([CH3])[NH]C(=O)C3CCCCC3)cccc1c1ccccc21.[Cl-].[Cl-].[SiH4]. The number of hydrogen-bond donors (Lipinski definition) is 1. The maximum absolute atomic E-state index is 13.2. The van der Waals surface area contributed by atoms with Gasteiger partial charge in [-0.05, 0) is 11.0 Å². The molecule has 0 aromatic heterocycles. The van der Waals surface area contributed by atoms with Crippen molar-refractivity contribution in [2.75, 3.05) is 0 Å². The Kier molecular flexibility index (Phi) is 9.46. The summed E-state index contributed by atoms with van der Waals surface area (Å²) in [7, 11) is 0. The minimum atomic E-state index is -2.79. The summed E-state index contributed by atoms with van der Waals surface area (Å²) < 4.78 is 5.03. The molecule has 1 unspecified atom stereocenters. The Labute approximate surface area is 218 Å². The van der Waals surface area contributed by atoms with E-state index < -0.39 is 16.8 Å². The number of rotatable bonds is 3. The molecule has 0 spiro atoms. The van der Waals surface area contributed by atoms with Crippen molar-refractivity contribution in [3.63, 3.8) is 0 Å². The Hall–Kier alpha value is -1.10. The number of carbonyl (C=O) groups excluding carboxylic acids is 1. The van der Waals surface area contributed by atoms with Crippen molar-refractivity contribution in [3.05, 3.63) is 59.7 Å². The molecule has 1 N–H and O–H groups in total. The van der Waals surface area contributed by atoms with Crippen molar-refractivity contribution < 1.29 is 46.5 Å². The van der Waals surface area contributed by atoms with E-state index in [2.05, 4.69) is 75.8 Å². The molecule has 1 saturated carbocycles. The molecule has 3 aromatic carbocycles. The first-order valence-corrected chi connectivity index (χ1v) is 16.1. The molecule has 2 aliphatic rings. The van der Waals surface area contributed by atoms with Gasteiger partial charge in [0.1, 0.15) is 0 Å². The van der Waals surface area contributed by atoms with E-state index in [-0.39, 0.29) is 41.7 Å². The number of allylic oxidation sites excluding steroid dienone is 1. The Morgan fingerprint density at radius 1 is 0.909 bits per heavy atom. The smallest absolute Gasteiger partial charge is 0.0149 e. The summed E-state index contributed by atoms with van der Waals surface area (Å²) in [6.07, 6.45) is 10.4. The van der Waals surface area contributed by atoms with Crippen LogP contribution >= 0.6 is 0 Å². The Morgan fingerprint density at radius 3 is 2.24 bits per heavy atom. The van der Waals surface area contributed by atoms with E-state index in [1.54, 1.807) is 0 Å². The van der Waals surface area contributed by atoms with Gasteiger partial charge < -0.3 is 24.8 Å². The fourth-order valence-electron chi connectivity index (χ4n) is 5.65. The van der Waals surface area contributed by atoms with Crippen LogP contribution in [0.2, 0.25) is 10.5 Å². The van der Waals surface area contributed by atoms with E-state index in [4.69, 9.17) is 0 Å². The average Bonchev–Trinajstić information content (AvgIpc) is 3.15. The van der Waals surface area contributed by atoms with E-state index in [1.807, 2.05) is 0 Å². The van der Waals surface area contributed by atoms with Crippen molar-refractivity contribution in [3.8, 4) is 0 Å². The number of amides is 1. The summed E-state index contributed by atoms with van der Waals surface area (Å²) in [4.78, 5) is 13.2. The van der Waals surface area contributed by atoms with Crippen LogP contribution in [-0.4, -0.2) is 16.9 Å². The van der Waals surface area contributed by atoms with E-state index in [0.29, 0.717) is 11.8 Å². The molecule has 0 radical (unpaired) electrons. The minimum Gasteiger partial charge on any atom is -1.00 e. The summed E-state index contributed by atoms with van der Waals surface area (Å²) in [6.45, 7) is 2.30. The number of halogens is 2. The quantitative estimate of drug-likeness (QED) is 0.344. The first kappa shape index (κ1) is 28.1. The van der Waals surface area contributed by atoms with Crippen molar-refractivity contribution >= 4 is 48.4 Å².